The number of nitrogens with one attached hydrogen (secondary N) is 4. The summed E-state index contributed by atoms with van der Waals surface area (Å²) in [7, 11) is 0. The summed E-state index contributed by atoms with van der Waals surface area (Å²) in [6.07, 6.45) is 2.64. The molecule has 36 heavy (non-hydrogen) atoms. The molecule has 0 aliphatic carbocycles. The van der Waals surface area contributed by atoms with Gasteiger partial charge in [-0.15, -0.1) is 0 Å². The summed E-state index contributed by atoms with van der Waals surface area (Å²) < 4.78 is 0. The van der Waals surface area contributed by atoms with E-state index in [1.807, 2.05) is 84.9 Å². The van der Waals surface area contributed by atoms with Gasteiger partial charge in [0.1, 0.15) is 0 Å². The highest BCUT2D eigenvalue weighted by atomic mass is 35.5. The smallest absolute Gasteiger partial charge is 0.233 e. The van der Waals surface area contributed by atoms with Gasteiger partial charge in [0.2, 0.25) is 17.8 Å². The van der Waals surface area contributed by atoms with Crippen LogP contribution in [-0.4, -0.2) is 33.0 Å². The summed E-state index contributed by atoms with van der Waals surface area (Å²) in [4.78, 5) is 18.0. The molecule has 0 saturated heterocycles. The predicted molar refractivity (Wildman–Crippen MR) is 148 cm³/mol. The van der Waals surface area contributed by atoms with Crippen LogP contribution in [0.1, 0.15) is 6.42 Å². The number of benzene rings is 3. The molecule has 5 rings (SSSR count). The number of pyridine rings is 1. The summed E-state index contributed by atoms with van der Waals surface area (Å²) in [6, 6.07) is 27.3. The van der Waals surface area contributed by atoms with E-state index in [1.165, 1.54) is 0 Å². The largest absolute Gasteiger partial charge is 0.384 e. The second-order valence-electron chi connectivity index (χ2n) is 8.02. The van der Waals surface area contributed by atoms with Crippen molar-refractivity contribution in [2.24, 2.45) is 0 Å². The van der Waals surface area contributed by atoms with Gasteiger partial charge < -0.3 is 21.3 Å². The van der Waals surface area contributed by atoms with Gasteiger partial charge in [-0.1, -0.05) is 48.0 Å². The molecule has 3 aromatic carbocycles. The third-order valence-corrected chi connectivity index (χ3v) is 5.59. The lowest BCUT2D eigenvalue weighted by Gasteiger charge is -2.12. The van der Waals surface area contributed by atoms with Crippen LogP contribution in [0.4, 0.5) is 34.9 Å². The van der Waals surface area contributed by atoms with E-state index in [9.17, 15) is 0 Å². The van der Waals surface area contributed by atoms with Crippen LogP contribution in [0.5, 0.6) is 0 Å². The molecular formula is C27H25ClN8. The lowest BCUT2D eigenvalue weighted by atomic mass is 10.2. The fourth-order valence-electron chi connectivity index (χ4n) is 3.66. The van der Waals surface area contributed by atoms with Crippen molar-refractivity contribution >= 4 is 57.4 Å². The van der Waals surface area contributed by atoms with Crippen molar-refractivity contribution in [3.63, 3.8) is 0 Å². The molecule has 0 atom stereocenters. The summed E-state index contributed by atoms with van der Waals surface area (Å²) in [5.74, 6) is 1.40. The van der Waals surface area contributed by atoms with Crippen molar-refractivity contribution in [3.8, 4) is 0 Å². The molecule has 0 amide bonds. The molecule has 0 spiro atoms. The highest BCUT2D eigenvalue weighted by molar-refractivity contribution is 6.31. The molecular weight excluding hydrogens is 472 g/mol. The Kier molecular flexibility index (Phi) is 7.34. The molecule has 5 aromatic rings. The van der Waals surface area contributed by atoms with Gasteiger partial charge in [-0.05, 0) is 55.0 Å². The minimum Gasteiger partial charge on any atom is -0.384 e. The Labute approximate surface area is 214 Å². The maximum atomic E-state index is 6.09. The van der Waals surface area contributed by atoms with Crippen LogP contribution >= 0.6 is 11.6 Å². The third-order valence-electron chi connectivity index (χ3n) is 5.35. The van der Waals surface area contributed by atoms with Crippen LogP contribution in [0.2, 0.25) is 5.02 Å². The maximum absolute atomic E-state index is 6.09. The number of hydrogen-bond acceptors (Lipinski definition) is 8. The van der Waals surface area contributed by atoms with Gasteiger partial charge in [0.25, 0.3) is 0 Å². The number of hydrogen-bond donors (Lipinski definition) is 4. The normalized spacial score (nSPS) is 10.7. The molecule has 0 aliphatic heterocycles. The number of halogens is 1. The Morgan fingerprint density at radius 2 is 1.25 bits per heavy atom. The fraction of sp³-hybridized carbons (Fsp3) is 0.111. The van der Waals surface area contributed by atoms with Crippen LogP contribution in [0, 0.1) is 0 Å². The summed E-state index contributed by atoms with van der Waals surface area (Å²) in [6.45, 7) is 1.45. The van der Waals surface area contributed by atoms with E-state index in [0.717, 1.165) is 40.9 Å². The number of fused-ring (bicyclic) bond motifs is 1. The van der Waals surface area contributed by atoms with E-state index in [2.05, 4.69) is 41.2 Å². The lowest BCUT2D eigenvalue weighted by Crippen LogP contribution is -2.13. The Balaban J connectivity index is 1.23. The van der Waals surface area contributed by atoms with Crippen molar-refractivity contribution in [3.05, 3.63) is 96.1 Å². The molecule has 4 N–H and O–H groups in total. The summed E-state index contributed by atoms with van der Waals surface area (Å²) >= 11 is 6.09. The summed E-state index contributed by atoms with van der Waals surface area (Å²) in [5, 5.41) is 15.0. The fourth-order valence-corrected chi connectivity index (χ4v) is 3.82. The van der Waals surface area contributed by atoms with E-state index < -0.39 is 0 Å². The van der Waals surface area contributed by atoms with Gasteiger partial charge in [-0.3, -0.25) is 4.98 Å². The molecule has 2 heterocycles. The first kappa shape index (κ1) is 23.3. The number of rotatable bonds is 10. The Morgan fingerprint density at radius 3 is 1.92 bits per heavy atom. The summed E-state index contributed by atoms with van der Waals surface area (Å²) in [5.41, 5.74) is 3.69. The Hall–Kier alpha value is -4.43. The van der Waals surface area contributed by atoms with Gasteiger partial charge in [0.15, 0.2) is 0 Å². The second-order valence-corrected chi connectivity index (χ2v) is 8.45. The van der Waals surface area contributed by atoms with Gasteiger partial charge in [0, 0.05) is 46.8 Å². The Bertz CT molecular complexity index is 1370. The second kappa shape index (κ2) is 11.3. The van der Waals surface area contributed by atoms with E-state index in [4.69, 9.17) is 11.6 Å². The van der Waals surface area contributed by atoms with E-state index in [1.54, 1.807) is 6.20 Å². The minimum absolute atomic E-state index is 0.456. The van der Waals surface area contributed by atoms with Crippen LogP contribution in [0.3, 0.4) is 0 Å². The standard InChI is InChI=1S/C27H25ClN8/c28-19-12-13-22-23(14-17-30-24(22)18-19)29-15-7-16-31-25-34-26(32-20-8-3-1-4-9-20)36-27(35-25)33-21-10-5-2-6-11-21/h1-6,8-14,17-18H,7,15-16H2,(H,29,30)(H3,31,32,33,34,35,36). The number of nitrogens with zero attached hydrogens (tertiary/aromatic N) is 4. The zero-order chi connectivity index (χ0) is 24.6. The molecule has 2 aromatic heterocycles. The topological polar surface area (TPSA) is 99.7 Å². The molecule has 180 valence electrons. The van der Waals surface area contributed by atoms with Crippen molar-refractivity contribution in [1.82, 2.24) is 19.9 Å². The van der Waals surface area contributed by atoms with Crippen LogP contribution in [-0.2, 0) is 0 Å². The maximum Gasteiger partial charge on any atom is 0.233 e. The molecule has 8 nitrogen and oxygen atoms in total. The molecule has 0 fully saturated rings. The van der Waals surface area contributed by atoms with Gasteiger partial charge >= 0.3 is 0 Å². The van der Waals surface area contributed by atoms with Gasteiger partial charge in [-0.25, -0.2) is 0 Å². The SMILES string of the molecule is Clc1ccc2c(NCCCNc3nc(Nc4ccccc4)nc(Nc4ccccc4)n3)ccnc2c1. The van der Waals surface area contributed by atoms with Crippen LogP contribution in [0.25, 0.3) is 10.9 Å². The third kappa shape index (κ3) is 6.17. The zero-order valence-corrected chi connectivity index (χ0v) is 20.2. The van der Waals surface area contributed by atoms with Crippen molar-refractivity contribution in [2.45, 2.75) is 6.42 Å². The number of aromatic nitrogens is 4. The number of para-hydroxylation sites is 2. The monoisotopic (exact) mass is 496 g/mol. The molecule has 0 saturated carbocycles. The lowest BCUT2D eigenvalue weighted by molar-refractivity contribution is 0.892. The van der Waals surface area contributed by atoms with Crippen molar-refractivity contribution in [2.75, 3.05) is 34.4 Å². The minimum atomic E-state index is 0.456. The van der Waals surface area contributed by atoms with E-state index in [-0.39, 0.29) is 0 Å². The van der Waals surface area contributed by atoms with Crippen molar-refractivity contribution < 1.29 is 0 Å². The van der Waals surface area contributed by atoms with Gasteiger partial charge in [0.05, 0.1) is 5.52 Å². The highest BCUT2D eigenvalue weighted by Crippen LogP contribution is 2.24. The van der Waals surface area contributed by atoms with Crippen molar-refractivity contribution in [1.29, 1.82) is 0 Å². The first-order valence-corrected chi connectivity index (χ1v) is 12.0. The van der Waals surface area contributed by atoms with Gasteiger partial charge in [-0.2, -0.15) is 15.0 Å². The molecule has 0 aliphatic rings. The van der Waals surface area contributed by atoms with Crippen LogP contribution < -0.4 is 21.3 Å². The average Bonchev–Trinajstić information content (AvgIpc) is 2.89. The molecule has 0 radical (unpaired) electrons. The molecule has 0 unspecified atom stereocenters. The number of anilines is 6. The van der Waals surface area contributed by atoms with Crippen LogP contribution in [0.15, 0.2) is 91.1 Å². The van der Waals surface area contributed by atoms with E-state index in [0.29, 0.717) is 29.4 Å². The first-order chi connectivity index (χ1) is 17.7. The predicted octanol–water partition coefficient (Wildman–Crippen LogP) is 6.47. The quantitative estimate of drug-likeness (QED) is 0.163. The first-order valence-electron chi connectivity index (χ1n) is 11.7. The average molecular weight is 497 g/mol. The zero-order valence-electron chi connectivity index (χ0n) is 19.4. The molecule has 0 bridgehead atoms. The molecule has 9 heteroatoms. The van der Waals surface area contributed by atoms with E-state index >= 15 is 0 Å². The highest BCUT2D eigenvalue weighted by Gasteiger charge is 2.08. The Morgan fingerprint density at radius 1 is 0.639 bits per heavy atom.